The molecule has 0 fully saturated rings. The number of benzene rings is 2. The van der Waals surface area contributed by atoms with Gasteiger partial charge >= 0.3 is 138 Å². The third-order valence-corrected chi connectivity index (χ3v) is 5.17. The van der Waals surface area contributed by atoms with Gasteiger partial charge in [-0.05, 0) is 0 Å². The Kier molecular flexibility index (Phi) is 5.75. The van der Waals surface area contributed by atoms with Crippen LogP contribution in [-0.4, -0.2) is 27.5 Å². The van der Waals surface area contributed by atoms with E-state index < -0.39 is 20.9 Å². The molecule has 0 aromatic heterocycles. The third kappa shape index (κ3) is 5.47. The van der Waals surface area contributed by atoms with Crippen LogP contribution in [0, 0.1) is 9.89 Å². The molecule has 0 atom stereocenters. The van der Waals surface area contributed by atoms with Crippen LogP contribution in [0.2, 0.25) is 0 Å². The molecule has 0 amide bonds. The Morgan fingerprint density at radius 3 is 2.24 bits per heavy atom. The van der Waals surface area contributed by atoms with E-state index in [4.69, 9.17) is 4.74 Å². The SMILES string of the molecule is CC(C)(C)c1ccc(OCC#C[Te]c2ccccc2)cc1. The Labute approximate surface area is 137 Å². The summed E-state index contributed by atoms with van der Waals surface area (Å²) in [6.45, 7) is 7.10. The number of ether oxygens (including phenoxy) is 1. The fraction of sp³-hybridized carbons (Fsp3) is 0.263. The average molecular weight is 392 g/mol. The monoisotopic (exact) mass is 394 g/mol. The molecule has 2 aromatic rings. The van der Waals surface area contributed by atoms with Crippen molar-refractivity contribution in [2.75, 3.05) is 6.61 Å². The molecule has 2 rings (SSSR count). The molecule has 0 N–H and O–H groups in total. The molecule has 0 heterocycles. The molecule has 2 heteroatoms. The van der Waals surface area contributed by atoms with E-state index in [-0.39, 0.29) is 5.41 Å². The van der Waals surface area contributed by atoms with Gasteiger partial charge in [0.25, 0.3) is 0 Å². The van der Waals surface area contributed by atoms with E-state index in [1.807, 2.05) is 18.2 Å². The summed E-state index contributed by atoms with van der Waals surface area (Å²) in [6, 6.07) is 18.7. The predicted molar refractivity (Wildman–Crippen MR) is 90.2 cm³/mol. The fourth-order valence-corrected chi connectivity index (χ4v) is 3.33. The molecule has 0 aliphatic rings. The van der Waals surface area contributed by atoms with Crippen molar-refractivity contribution < 1.29 is 4.74 Å². The molecule has 0 aliphatic heterocycles. The van der Waals surface area contributed by atoms with Crippen LogP contribution >= 0.6 is 0 Å². The summed E-state index contributed by atoms with van der Waals surface area (Å²) in [7, 11) is 0. The Bertz CT molecular complexity index is 613. The van der Waals surface area contributed by atoms with Crippen LogP contribution in [0.15, 0.2) is 54.6 Å². The van der Waals surface area contributed by atoms with Crippen LogP contribution in [0.25, 0.3) is 0 Å². The minimum absolute atomic E-state index is 0.180. The first kappa shape index (κ1) is 16.0. The molecule has 1 nitrogen and oxygen atoms in total. The van der Waals surface area contributed by atoms with Crippen molar-refractivity contribution in [1.29, 1.82) is 0 Å². The van der Waals surface area contributed by atoms with Crippen molar-refractivity contribution in [3.63, 3.8) is 0 Å². The Balaban J connectivity index is 1.82. The molecule has 108 valence electrons. The van der Waals surface area contributed by atoms with Gasteiger partial charge in [-0.15, -0.1) is 0 Å². The van der Waals surface area contributed by atoms with Crippen molar-refractivity contribution in [1.82, 2.24) is 0 Å². The summed E-state index contributed by atoms with van der Waals surface area (Å²) in [5.74, 6) is 4.00. The molecular weight excluding hydrogens is 372 g/mol. The van der Waals surface area contributed by atoms with Gasteiger partial charge in [0.2, 0.25) is 0 Å². The molecule has 0 spiro atoms. The van der Waals surface area contributed by atoms with Crippen LogP contribution in [0.4, 0.5) is 0 Å². The second-order valence-corrected chi connectivity index (χ2v) is 8.27. The summed E-state index contributed by atoms with van der Waals surface area (Å²) in [4.78, 5) is 0. The number of hydrogen-bond donors (Lipinski definition) is 0. The van der Waals surface area contributed by atoms with Crippen molar-refractivity contribution in [2.45, 2.75) is 26.2 Å². The van der Waals surface area contributed by atoms with Gasteiger partial charge < -0.3 is 0 Å². The van der Waals surface area contributed by atoms with Gasteiger partial charge in [0.15, 0.2) is 0 Å². The third-order valence-electron chi connectivity index (χ3n) is 3.02. The maximum absolute atomic E-state index is 5.66. The zero-order valence-corrected chi connectivity index (χ0v) is 15.1. The summed E-state index contributed by atoms with van der Waals surface area (Å²) < 4.78 is 10.3. The van der Waals surface area contributed by atoms with Gasteiger partial charge in [-0.25, -0.2) is 0 Å². The molecule has 2 aromatic carbocycles. The van der Waals surface area contributed by atoms with Crippen molar-refractivity contribution in [3.05, 3.63) is 60.2 Å². The molecule has 0 radical (unpaired) electrons. The van der Waals surface area contributed by atoms with Gasteiger partial charge in [-0.2, -0.15) is 0 Å². The predicted octanol–water partition coefficient (Wildman–Crippen LogP) is 3.35. The average Bonchev–Trinajstić information content (AvgIpc) is 2.47. The van der Waals surface area contributed by atoms with E-state index in [0.717, 1.165) is 5.75 Å². The summed E-state index contributed by atoms with van der Waals surface area (Å²) in [5, 5.41) is 0. The van der Waals surface area contributed by atoms with Crippen LogP contribution < -0.4 is 8.35 Å². The van der Waals surface area contributed by atoms with Gasteiger partial charge in [0.05, 0.1) is 0 Å². The number of rotatable bonds is 3. The quantitative estimate of drug-likeness (QED) is 0.576. The van der Waals surface area contributed by atoms with Crippen LogP contribution in [0.1, 0.15) is 26.3 Å². The van der Waals surface area contributed by atoms with E-state index in [1.165, 1.54) is 9.17 Å². The standard InChI is InChI=1S/C19H20OTe/c1-19(2,3)16-10-12-17(13-11-16)20-14-7-15-21-18-8-5-4-6-9-18/h4-6,8-13H,14H2,1-3H3. The Morgan fingerprint density at radius 2 is 1.62 bits per heavy atom. The first-order valence-electron chi connectivity index (χ1n) is 6.99. The maximum atomic E-state index is 5.66. The van der Waals surface area contributed by atoms with E-state index in [0.29, 0.717) is 6.61 Å². The zero-order chi connectivity index (χ0) is 15.1. The van der Waals surface area contributed by atoms with Crippen LogP contribution in [0.3, 0.4) is 0 Å². The normalized spacial score (nSPS) is 10.6. The minimum atomic E-state index is -0.398. The molecular formula is C19H20OTe. The van der Waals surface area contributed by atoms with E-state index >= 15 is 0 Å². The van der Waals surface area contributed by atoms with Crippen LogP contribution in [-0.2, 0) is 5.41 Å². The van der Waals surface area contributed by atoms with Gasteiger partial charge in [0.1, 0.15) is 0 Å². The van der Waals surface area contributed by atoms with E-state index in [1.54, 1.807) is 0 Å². The summed E-state index contributed by atoms with van der Waals surface area (Å²) in [6.07, 6.45) is 0. The van der Waals surface area contributed by atoms with E-state index in [9.17, 15) is 0 Å². The Hall–Kier alpha value is -1.41. The fourth-order valence-electron chi connectivity index (χ4n) is 1.78. The Morgan fingerprint density at radius 1 is 0.952 bits per heavy atom. The van der Waals surface area contributed by atoms with Crippen molar-refractivity contribution >= 4 is 24.5 Å². The molecule has 0 unspecified atom stereocenters. The van der Waals surface area contributed by atoms with Crippen LogP contribution in [0.5, 0.6) is 5.75 Å². The summed E-state index contributed by atoms with van der Waals surface area (Å²) >= 11 is -0.398. The second-order valence-electron chi connectivity index (χ2n) is 5.76. The second kappa shape index (κ2) is 7.56. The molecule has 0 saturated heterocycles. The summed E-state index contributed by atoms with van der Waals surface area (Å²) in [5.41, 5.74) is 1.50. The van der Waals surface area contributed by atoms with Crippen molar-refractivity contribution in [3.8, 4) is 15.6 Å². The van der Waals surface area contributed by atoms with Crippen molar-refractivity contribution in [2.24, 2.45) is 0 Å². The molecule has 0 aliphatic carbocycles. The molecule has 0 saturated carbocycles. The first-order valence-corrected chi connectivity index (χ1v) is 9.32. The molecule has 21 heavy (non-hydrogen) atoms. The molecule has 0 bridgehead atoms. The van der Waals surface area contributed by atoms with Gasteiger partial charge in [-0.3, -0.25) is 0 Å². The topological polar surface area (TPSA) is 9.23 Å². The zero-order valence-electron chi connectivity index (χ0n) is 12.7. The van der Waals surface area contributed by atoms with Gasteiger partial charge in [0, 0.05) is 0 Å². The van der Waals surface area contributed by atoms with E-state index in [2.05, 4.69) is 67.1 Å². The van der Waals surface area contributed by atoms with Gasteiger partial charge in [-0.1, -0.05) is 0 Å². The number of hydrogen-bond acceptors (Lipinski definition) is 1. The first-order chi connectivity index (χ1) is 10.1.